The van der Waals surface area contributed by atoms with Gasteiger partial charge in [0.1, 0.15) is 6.54 Å². The lowest BCUT2D eigenvalue weighted by Gasteiger charge is -2.36. The minimum Gasteiger partial charge on any atom is -0.375 e. The summed E-state index contributed by atoms with van der Waals surface area (Å²) >= 11 is 0. The average Bonchev–Trinajstić information content (AvgIpc) is 2.74. The molecule has 2 amide bonds. The van der Waals surface area contributed by atoms with Gasteiger partial charge in [-0.15, -0.1) is 0 Å². The van der Waals surface area contributed by atoms with E-state index < -0.39 is 0 Å². The lowest BCUT2D eigenvalue weighted by molar-refractivity contribution is -0.125. The van der Waals surface area contributed by atoms with Crippen LogP contribution in [0.3, 0.4) is 0 Å². The molecule has 0 aromatic heterocycles. The molecular weight excluding hydrogens is 280 g/mol. The van der Waals surface area contributed by atoms with Crippen molar-refractivity contribution in [3.05, 3.63) is 29.8 Å². The SMILES string of the molecule is CC1(C)C[C@@H](NC(=O)CN2C(=O)Cc3ccccc32)CCO1. The number of amides is 2. The first-order valence-corrected chi connectivity index (χ1v) is 7.76. The topological polar surface area (TPSA) is 58.6 Å². The summed E-state index contributed by atoms with van der Waals surface area (Å²) in [7, 11) is 0. The highest BCUT2D eigenvalue weighted by atomic mass is 16.5. The van der Waals surface area contributed by atoms with Crippen LogP contribution >= 0.6 is 0 Å². The molecule has 22 heavy (non-hydrogen) atoms. The van der Waals surface area contributed by atoms with Crippen LogP contribution in [-0.4, -0.2) is 36.6 Å². The highest BCUT2D eigenvalue weighted by Gasteiger charge is 2.32. The van der Waals surface area contributed by atoms with Crippen molar-refractivity contribution in [3.8, 4) is 0 Å². The predicted molar refractivity (Wildman–Crippen MR) is 83.7 cm³/mol. The van der Waals surface area contributed by atoms with Gasteiger partial charge in [0.2, 0.25) is 11.8 Å². The molecule has 2 heterocycles. The number of anilines is 1. The van der Waals surface area contributed by atoms with Crippen molar-refractivity contribution in [2.24, 2.45) is 0 Å². The first-order valence-electron chi connectivity index (χ1n) is 7.76. The first-order chi connectivity index (χ1) is 10.4. The lowest BCUT2D eigenvalue weighted by Crippen LogP contribution is -2.48. The van der Waals surface area contributed by atoms with E-state index in [2.05, 4.69) is 5.32 Å². The molecule has 118 valence electrons. The van der Waals surface area contributed by atoms with Crippen molar-refractivity contribution in [1.82, 2.24) is 5.32 Å². The number of benzene rings is 1. The van der Waals surface area contributed by atoms with Crippen LogP contribution in [0.5, 0.6) is 0 Å². The molecule has 2 aliphatic rings. The third kappa shape index (κ3) is 3.14. The summed E-state index contributed by atoms with van der Waals surface area (Å²) in [5.41, 5.74) is 1.65. The van der Waals surface area contributed by atoms with Crippen molar-refractivity contribution < 1.29 is 14.3 Å². The number of carbonyl (C=O) groups excluding carboxylic acids is 2. The fraction of sp³-hybridized carbons (Fsp3) is 0.529. The molecule has 1 fully saturated rings. The van der Waals surface area contributed by atoms with E-state index in [1.807, 2.05) is 38.1 Å². The van der Waals surface area contributed by atoms with Crippen LogP contribution in [0.2, 0.25) is 0 Å². The number of hydrogen-bond donors (Lipinski definition) is 1. The molecule has 0 bridgehead atoms. The van der Waals surface area contributed by atoms with E-state index in [1.165, 1.54) is 0 Å². The van der Waals surface area contributed by atoms with Gasteiger partial charge >= 0.3 is 0 Å². The van der Waals surface area contributed by atoms with Gasteiger partial charge in [0.25, 0.3) is 0 Å². The molecule has 2 aliphatic heterocycles. The van der Waals surface area contributed by atoms with Gasteiger partial charge in [-0.3, -0.25) is 9.59 Å². The number of para-hydroxylation sites is 1. The molecule has 5 nitrogen and oxygen atoms in total. The largest absolute Gasteiger partial charge is 0.375 e. The fourth-order valence-electron chi connectivity index (χ4n) is 3.26. The standard InChI is InChI=1S/C17H22N2O3/c1-17(2)10-13(7-8-22-17)18-15(20)11-19-14-6-4-3-5-12(14)9-16(19)21/h3-6,13H,7-11H2,1-2H3,(H,18,20)/t13-/m0/s1. The zero-order valence-electron chi connectivity index (χ0n) is 13.1. The second-order valence-corrected chi connectivity index (χ2v) is 6.65. The molecule has 0 spiro atoms. The monoisotopic (exact) mass is 302 g/mol. The third-order valence-corrected chi connectivity index (χ3v) is 4.29. The van der Waals surface area contributed by atoms with E-state index in [0.29, 0.717) is 13.0 Å². The Bertz CT molecular complexity index is 597. The van der Waals surface area contributed by atoms with Gasteiger partial charge in [0.15, 0.2) is 0 Å². The number of fused-ring (bicyclic) bond motifs is 1. The number of nitrogens with zero attached hydrogens (tertiary/aromatic N) is 1. The Morgan fingerprint density at radius 1 is 1.41 bits per heavy atom. The molecule has 1 aromatic rings. The first kappa shape index (κ1) is 15.0. The maximum Gasteiger partial charge on any atom is 0.240 e. The minimum atomic E-state index is -0.202. The zero-order valence-corrected chi connectivity index (χ0v) is 13.1. The van der Waals surface area contributed by atoms with Crippen LogP contribution in [0.15, 0.2) is 24.3 Å². The number of carbonyl (C=O) groups is 2. The molecule has 0 radical (unpaired) electrons. The number of ether oxygens (including phenoxy) is 1. The third-order valence-electron chi connectivity index (χ3n) is 4.29. The van der Waals surface area contributed by atoms with Crippen molar-refractivity contribution in [1.29, 1.82) is 0 Å². The lowest BCUT2D eigenvalue weighted by atomic mass is 9.94. The Labute approximate surface area is 130 Å². The van der Waals surface area contributed by atoms with Gasteiger partial charge < -0.3 is 15.0 Å². The van der Waals surface area contributed by atoms with E-state index in [1.54, 1.807) is 4.90 Å². The second kappa shape index (κ2) is 5.72. The maximum atomic E-state index is 12.3. The van der Waals surface area contributed by atoms with Gasteiger partial charge in [-0.05, 0) is 38.3 Å². The molecule has 1 aromatic carbocycles. The summed E-state index contributed by atoms with van der Waals surface area (Å²) in [5, 5.41) is 3.04. The normalized spacial score (nSPS) is 23.3. The summed E-state index contributed by atoms with van der Waals surface area (Å²) in [6, 6.07) is 7.75. The molecule has 5 heteroatoms. The van der Waals surface area contributed by atoms with Gasteiger partial charge in [0.05, 0.1) is 12.0 Å². The molecule has 3 rings (SSSR count). The number of hydrogen-bond acceptors (Lipinski definition) is 3. The van der Waals surface area contributed by atoms with E-state index in [4.69, 9.17) is 4.74 Å². The van der Waals surface area contributed by atoms with Crippen LogP contribution < -0.4 is 10.2 Å². The summed E-state index contributed by atoms with van der Waals surface area (Å²) in [4.78, 5) is 26.0. The van der Waals surface area contributed by atoms with E-state index in [9.17, 15) is 9.59 Å². The summed E-state index contributed by atoms with van der Waals surface area (Å²) in [6.07, 6.45) is 2.00. The zero-order chi connectivity index (χ0) is 15.7. The fourth-order valence-corrected chi connectivity index (χ4v) is 3.26. The van der Waals surface area contributed by atoms with Crippen molar-refractivity contribution in [3.63, 3.8) is 0 Å². The van der Waals surface area contributed by atoms with Crippen molar-refractivity contribution in [2.45, 2.75) is 44.8 Å². The Balaban J connectivity index is 1.62. The molecule has 1 N–H and O–H groups in total. The molecular formula is C17H22N2O3. The van der Waals surface area contributed by atoms with Gasteiger partial charge in [-0.2, -0.15) is 0 Å². The minimum absolute atomic E-state index is 0.0105. The predicted octanol–water partition coefficient (Wildman–Crippen LogP) is 1.65. The van der Waals surface area contributed by atoms with Crippen LogP contribution in [0.4, 0.5) is 5.69 Å². The van der Waals surface area contributed by atoms with Crippen LogP contribution in [-0.2, 0) is 20.7 Å². The van der Waals surface area contributed by atoms with Gasteiger partial charge in [-0.25, -0.2) is 0 Å². The van der Waals surface area contributed by atoms with Crippen LogP contribution in [0.1, 0.15) is 32.3 Å². The molecule has 1 atom stereocenters. The Morgan fingerprint density at radius 2 is 2.18 bits per heavy atom. The molecule has 1 saturated heterocycles. The van der Waals surface area contributed by atoms with Crippen molar-refractivity contribution in [2.75, 3.05) is 18.1 Å². The van der Waals surface area contributed by atoms with Crippen molar-refractivity contribution >= 4 is 17.5 Å². The van der Waals surface area contributed by atoms with E-state index in [-0.39, 0.29) is 30.0 Å². The summed E-state index contributed by atoms with van der Waals surface area (Å²) < 4.78 is 5.66. The van der Waals surface area contributed by atoms with Gasteiger partial charge in [0, 0.05) is 18.3 Å². The molecule has 0 aliphatic carbocycles. The average molecular weight is 302 g/mol. The molecule has 0 saturated carbocycles. The quantitative estimate of drug-likeness (QED) is 0.923. The summed E-state index contributed by atoms with van der Waals surface area (Å²) in [6.45, 7) is 4.81. The summed E-state index contributed by atoms with van der Waals surface area (Å²) in [5.74, 6) is -0.114. The highest BCUT2D eigenvalue weighted by Crippen LogP contribution is 2.28. The number of nitrogens with one attached hydrogen (secondary N) is 1. The molecule has 0 unspecified atom stereocenters. The maximum absolute atomic E-state index is 12.3. The second-order valence-electron chi connectivity index (χ2n) is 6.65. The van der Waals surface area contributed by atoms with Crippen LogP contribution in [0.25, 0.3) is 0 Å². The van der Waals surface area contributed by atoms with E-state index in [0.717, 1.165) is 24.1 Å². The Kier molecular flexibility index (Phi) is 3.91. The van der Waals surface area contributed by atoms with Gasteiger partial charge in [-0.1, -0.05) is 18.2 Å². The van der Waals surface area contributed by atoms with Crippen LogP contribution in [0, 0.1) is 0 Å². The Hall–Kier alpha value is -1.88. The smallest absolute Gasteiger partial charge is 0.240 e. The highest BCUT2D eigenvalue weighted by molar-refractivity contribution is 6.04. The number of rotatable bonds is 3. The van der Waals surface area contributed by atoms with E-state index >= 15 is 0 Å². The Morgan fingerprint density at radius 3 is 2.95 bits per heavy atom.